The summed E-state index contributed by atoms with van der Waals surface area (Å²) in [4.78, 5) is 22.3. The molecule has 0 saturated heterocycles. The Bertz CT molecular complexity index is 916. The van der Waals surface area contributed by atoms with Crippen LogP contribution in [0.1, 0.15) is 30.8 Å². The minimum atomic E-state index is -0.0669. The van der Waals surface area contributed by atoms with Gasteiger partial charge in [0, 0.05) is 12.2 Å². The summed E-state index contributed by atoms with van der Waals surface area (Å²) in [6.45, 7) is 3.09. The van der Waals surface area contributed by atoms with Crippen LogP contribution in [-0.4, -0.2) is 16.5 Å². The zero-order valence-electron chi connectivity index (χ0n) is 13.1. The van der Waals surface area contributed by atoms with Gasteiger partial charge in [0.1, 0.15) is 5.82 Å². The van der Waals surface area contributed by atoms with Crippen molar-refractivity contribution in [3.63, 3.8) is 0 Å². The Hall–Kier alpha value is -2.62. The van der Waals surface area contributed by atoms with Gasteiger partial charge in [-0.2, -0.15) is 0 Å². The van der Waals surface area contributed by atoms with Gasteiger partial charge < -0.3 is 9.88 Å². The monoisotopic (exact) mass is 305 g/mol. The molecule has 0 saturated carbocycles. The number of aromatic nitrogens is 2. The SMILES string of the molecule is C[C@H](c1nc2ccccc2c(=O)[nH]1)N1CCCc2ccccc21. The van der Waals surface area contributed by atoms with Gasteiger partial charge in [0.25, 0.3) is 5.56 Å². The molecule has 0 spiro atoms. The van der Waals surface area contributed by atoms with Gasteiger partial charge in [0.05, 0.1) is 16.9 Å². The lowest BCUT2D eigenvalue weighted by Crippen LogP contribution is -2.33. The molecule has 1 aliphatic heterocycles. The molecule has 116 valence electrons. The lowest BCUT2D eigenvalue weighted by Gasteiger charge is -2.35. The molecule has 2 aromatic carbocycles. The van der Waals surface area contributed by atoms with E-state index < -0.39 is 0 Å². The van der Waals surface area contributed by atoms with Crippen LogP contribution in [0.2, 0.25) is 0 Å². The van der Waals surface area contributed by atoms with E-state index in [1.807, 2.05) is 24.3 Å². The van der Waals surface area contributed by atoms with E-state index in [1.165, 1.54) is 11.3 Å². The maximum absolute atomic E-state index is 12.3. The van der Waals surface area contributed by atoms with Crippen molar-refractivity contribution in [3.8, 4) is 0 Å². The molecular formula is C19H19N3O. The van der Waals surface area contributed by atoms with Gasteiger partial charge >= 0.3 is 0 Å². The average molecular weight is 305 g/mol. The number of fused-ring (bicyclic) bond motifs is 2. The largest absolute Gasteiger partial charge is 0.361 e. The fourth-order valence-electron chi connectivity index (χ4n) is 3.41. The molecule has 4 nitrogen and oxygen atoms in total. The zero-order valence-corrected chi connectivity index (χ0v) is 13.1. The molecule has 0 radical (unpaired) electrons. The van der Waals surface area contributed by atoms with E-state index in [0.717, 1.165) is 30.7 Å². The number of aromatic amines is 1. The lowest BCUT2D eigenvalue weighted by molar-refractivity contribution is 0.591. The summed E-state index contributed by atoms with van der Waals surface area (Å²) in [6, 6.07) is 16.0. The molecule has 4 heteroatoms. The number of aryl methyl sites for hydroxylation is 1. The quantitative estimate of drug-likeness (QED) is 0.789. The van der Waals surface area contributed by atoms with E-state index >= 15 is 0 Å². The number of hydrogen-bond acceptors (Lipinski definition) is 3. The number of benzene rings is 2. The molecule has 23 heavy (non-hydrogen) atoms. The van der Waals surface area contributed by atoms with Gasteiger partial charge in [-0.25, -0.2) is 4.98 Å². The topological polar surface area (TPSA) is 49.0 Å². The van der Waals surface area contributed by atoms with Gasteiger partial charge in [-0.15, -0.1) is 0 Å². The van der Waals surface area contributed by atoms with Crippen molar-refractivity contribution < 1.29 is 0 Å². The van der Waals surface area contributed by atoms with Crippen molar-refractivity contribution in [2.75, 3.05) is 11.4 Å². The smallest absolute Gasteiger partial charge is 0.258 e. The number of nitrogens with one attached hydrogen (secondary N) is 1. The second-order valence-corrected chi connectivity index (χ2v) is 6.07. The molecule has 1 aromatic heterocycles. The maximum Gasteiger partial charge on any atom is 0.258 e. The molecular weight excluding hydrogens is 286 g/mol. The lowest BCUT2D eigenvalue weighted by atomic mass is 10.00. The Morgan fingerprint density at radius 1 is 1.13 bits per heavy atom. The van der Waals surface area contributed by atoms with Crippen LogP contribution in [-0.2, 0) is 6.42 Å². The normalized spacial score (nSPS) is 15.4. The van der Waals surface area contributed by atoms with E-state index in [9.17, 15) is 4.79 Å². The molecule has 0 bridgehead atoms. The summed E-state index contributed by atoms with van der Waals surface area (Å²) in [5, 5.41) is 0.641. The molecule has 1 N–H and O–H groups in total. The number of anilines is 1. The predicted molar refractivity (Wildman–Crippen MR) is 92.9 cm³/mol. The molecule has 4 rings (SSSR count). The molecule has 1 atom stereocenters. The second kappa shape index (κ2) is 5.54. The number of H-pyrrole nitrogens is 1. The highest BCUT2D eigenvalue weighted by Crippen LogP contribution is 2.32. The van der Waals surface area contributed by atoms with Gasteiger partial charge in [0.2, 0.25) is 0 Å². The van der Waals surface area contributed by atoms with E-state index in [4.69, 9.17) is 0 Å². The Kier molecular flexibility index (Phi) is 3.37. The van der Waals surface area contributed by atoms with E-state index in [-0.39, 0.29) is 11.6 Å². The third-order valence-corrected chi connectivity index (χ3v) is 4.64. The Balaban J connectivity index is 1.78. The zero-order chi connectivity index (χ0) is 15.8. The second-order valence-electron chi connectivity index (χ2n) is 6.07. The van der Waals surface area contributed by atoms with Gasteiger partial charge in [-0.3, -0.25) is 4.79 Å². The fourth-order valence-corrected chi connectivity index (χ4v) is 3.41. The third kappa shape index (κ3) is 2.40. The van der Waals surface area contributed by atoms with Gasteiger partial charge in [0.15, 0.2) is 0 Å². The van der Waals surface area contributed by atoms with Crippen molar-refractivity contribution in [1.82, 2.24) is 9.97 Å². The summed E-state index contributed by atoms with van der Waals surface area (Å²) in [7, 11) is 0. The highest BCUT2D eigenvalue weighted by atomic mass is 16.1. The number of nitrogens with zero attached hydrogens (tertiary/aromatic N) is 2. The Morgan fingerprint density at radius 3 is 2.83 bits per heavy atom. The number of para-hydroxylation sites is 2. The van der Waals surface area contributed by atoms with E-state index in [1.54, 1.807) is 0 Å². The summed E-state index contributed by atoms with van der Waals surface area (Å²) in [6.07, 6.45) is 2.24. The molecule has 0 fully saturated rings. The number of hydrogen-bond donors (Lipinski definition) is 1. The Labute approximate surface area is 134 Å². The summed E-state index contributed by atoms with van der Waals surface area (Å²) in [5.74, 6) is 0.727. The summed E-state index contributed by atoms with van der Waals surface area (Å²) in [5.41, 5.74) is 3.31. The van der Waals surface area contributed by atoms with Gasteiger partial charge in [-0.05, 0) is 43.5 Å². The van der Waals surface area contributed by atoms with Crippen LogP contribution in [0.5, 0.6) is 0 Å². The van der Waals surface area contributed by atoms with Crippen molar-refractivity contribution in [3.05, 3.63) is 70.3 Å². The fraction of sp³-hybridized carbons (Fsp3) is 0.263. The average Bonchev–Trinajstić information content (AvgIpc) is 2.60. The van der Waals surface area contributed by atoms with E-state index in [2.05, 4.69) is 46.1 Å². The Morgan fingerprint density at radius 2 is 1.91 bits per heavy atom. The highest BCUT2D eigenvalue weighted by Gasteiger charge is 2.23. The van der Waals surface area contributed by atoms with Crippen molar-refractivity contribution in [2.24, 2.45) is 0 Å². The van der Waals surface area contributed by atoms with Crippen LogP contribution in [0.3, 0.4) is 0 Å². The summed E-state index contributed by atoms with van der Waals surface area (Å²) >= 11 is 0. The first-order valence-electron chi connectivity index (χ1n) is 8.07. The number of rotatable bonds is 2. The van der Waals surface area contributed by atoms with Crippen molar-refractivity contribution >= 4 is 16.6 Å². The molecule has 0 unspecified atom stereocenters. The minimum Gasteiger partial charge on any atom is -0.361 e. The predicted octanol–water partition coefficient (Wildman–Crippen LogP) is 3.44. The van der Waals surface area contributed by atoms with Crippen LogP contribution >= 0.6 is 0 Å². The first-order chi connectivity index (χ1) is 11.2. The van der Waals surface area contributed by atoms with Crippen LogP contribution in [0.15, 0.2) is 53.3 Å². The molecule has 2 heterocycles. The summed E-state index contributed by atoms with van der Waals surface area (Å²) < 4.78 is 0. The standard InChI is InChI=1S/C19H19N3O/c1-13(22-12-6-8-14-7-2-5-11-17(14)22)18-20-16-10-4-3-9-15(16)19(23)21-18/h2-5,7,9-11,13H,6,8,12H2,1H3,(H,20,21,23)/t13-/m1/s1. The van der Waals surface area contributed by atoms with Crippen LogP contribution in [0.4, 0.5) is 5.69 Å². The highest BCUT2D eigenvalue weighted by molar-refractivity contribution is 5.77. The molecule has 3 aromatic rings. The van der Waals surface area contributed by atoms with Crippen molar-refractivity contribution in [2.45, 2.75) is 25.8 Å². The van der Waals surface area contributed by atoms with Crippen LogP contribution in [0.25, 0.3) is 10.9 Å². The first-order valence-corrected chi connectivity index (χ1v) is 8.07. The third-order valence-electron chi connectivity index (χ3n) is 4.64. The van der Waals surface area contributed by atoms with Crippen molar-refractivity contribution in [1.29, 1.82) is 0 Å². The minimum absolute atomic E-state index is 0.0359. The molecule has 0 amide bonds. The maximum atomic E-state index is 12.3. The van der Waals surface area contributed by atoms with Crippen LogP contribution < -0.4 is 10.5 Å². The van der Waals surface area contributed by atoms with E-state index in [0.29, 0.717) is 5.39 Å². The first kappa shape index (κ1) is 14.0. The van der Waals surface area contributed by atoms with Gasteiger partial charge in [-0.1, -0.05) is 30.3 Å². The molecule has 0 aliphatic carbocycles. The molecule has 1 aliphatic rings. The van der Waals surface area contributed by atoms with Crippen LogP contribution in [0, 0.1) is 0 Å².